The molecule has 2 aromatic rings. The number of aromatic nitrogens is 2. The Morgan fingerprint density at radius 1 is 1.19 bits per heavy atom. The van der Waals surface area contributed by atoms with Crippen molar-refractivity contribution in [2.45, 2.75) is 45.7 Å². The van der Waals surface area contributed by atoms with Crippen LogP contribution in [0.3, 0.4) is 0 Å². The minimum absolute atomic E-state index is 0.170. The highest BCUT2D eigenvalue weighted by Crippen LogP contribution is 2.18. The van der Waals surface area contributed by atoms with Crippen LogP contribution in [0.15, 0.2) is 36.7 Å². The van der Waals surface area contributed by atoms with Gasteiger partial charge >= 0.3 is 0 Å². The first-order valence-electron chi connectivity index (χ1n) is 7.73. The van der Waals surface area contributed by atoms with Crippen LogP contribution in [0.4, 0.5) is 4.39 Å². The molecule has 0 saturated heterocycles. The third-order valence-electron chi connectivity index (χ3n) is 3.57. The zero-order valence-corrected chi connectivity index (χ0v) is 12.8. The summed E-state index contributed by atoms with van der Waals surface area (Å²) in [6.07, 6.45) is 6.86. The van der Waals surface area contributed by atoms with E-state index in [-0.39, 0.29) is 11.9 Å². The Hall–Kier alpha value is -1.68. The topological polar surface area (TPSA) is 29.9 Å². The van der Waals surface area contributed by atoms with Gasteiger partial charge in [-0.25, -0.2) is 9.37 Å². The molecule has 0 aliphatic carbocycles. The third kappa shape index (κ3) is 4.39. The van der Waals surface area contributed by atoms with E-state index in [9.17, 15) is 4.39 Å². The van der Waals surface area contributed by atoms with E-state index in [4.69, 9.17) is 0 Å². The molecule has 0 spiro atoms. The highest BCUT2D eigenvalue weighted by molar-refractivity contribution is 5.21. The van der Waals surface area contributed by atoms with Crippen LogP contribution >= 0.6 is 0 Å². The number of imidazole rings is 1. The quantitative estimate of drug-likeness (QED) is 0.802. The van der Waals surface area contributed by atoms with E-state index in [0.29, 0.717) is 0 Å². The normalized spacial score (nSPS) is 12.5. The Kier molecular flexibility index (Phi) is 5.93. The minimum Gasteiger partial charge on any atom is -0.335 e. The summed E-state index contributed by atoms with van der Waals surface area (Å²) in [5.74, 6) is 0.884. The van der Waals surface area contributed by atoms with Crippen LogP contribution in [-0.2, 0) is 13.0 Å². The maximum Gasteiger partial charge on any atom is 0.123 e. The van der Waals surface area contributed by atoms with Crippen molar-refractivity contribution in [1.29, 1.82) is 0 Å². The average Bonchev–Trinajstić information content (AvgIpc) is 2.92. The monoisotopic (exact) mass is 289 g/mol. The molecule has 1 aromatic carbocycles. The van der Waals surface area contributed by atoms with Crippen molar-refractivity contribution in [3.8, 4) is 0 Å². The first-order valence-corrected chi connectivity index (χ1v) is 7.73. The number of nitrogens with zero attached hydrogens (tertiary/aromatic N) is 2. The molecule has 114 valence electrons. The lowest BCUT2D eigenvalue weighted by Gasteiger charge is -2.19. The second kappa shape index (κ2) is 7.93. The predicted molar refractivity (Wildman–Crippen MR) is 83.7 cm³/mol. The number of halogens is 1. The van der Waals surface area contributed by atoms with E-state index in [0.717, 1.165) is 43.7 Å². The lowest BCUT2D eigenvalue weighted by atomic mass is 10.0. The molecule has 0 aliphatic rings. The SMILES string of the molecule is CCCNC(Cc1nccn1CCC)c1ccc(F)cc1. The van der Waals surface area contributed by atoms with Crippen LogP contribution in [0.1, 0.15) is 44.1 Å². The summed E-state index contributed by atoms with van der Waals surface area (Å²) in [5.41, 5.74) is 1.11. The van der Waals surface area contributed by atoms with Gasteiger partial charge < -0.3 is 9.88 Å². The van der Waals surface area contributed by atoms with Crippen molar-refractivity contribution in [1.82, 2.24) is 14.9 Å². The largest absolute Gasteiger partial charge is 0.335 e. The lowest BCUT2D eigenvalue weighted by molar-refractivity contribution is 0.501. The molecule has 4 heteroatoms. The summed E-state index contributed by atoms with van der Waals surface area (Å²) < 4.78 is 15.3. The molecule has 0 saturated carbocycles. The first-order chi connectivity index (χ1) is 10.2. The van der Waals surface area contributed by atoms with E-state index in [1.54, 1.807) is 0 Å². The molecule has 1 atom stereocenters. The summed E-state index contributed by atoms with van der Waals surface area (Å²) in [7, 11) is 0. The number of hydrogen-bond acceptors (Lipinski definition) is 2. The molecule has 0 bridgehead atoms. The van der Waals surface area contributed by atoms with Gasteiger partial charge in [-0.3, -0.25) is 0 Å². The molecule has 21 heavy (non-hydrogen) atoms. The number of hydrogen-bond donors (Lipinski definition) is 1. The zero-order chi connectivity index (χ0) is 15.1. The fourth-order valence-electron chi connectivity index (χ4n) is 2.48. The molecule has 1 unspecified atom stereocenters. The van der Waals surface area contributed by atoms with Crippen LogP contribution in [0.2, 0.25) is 0 Å². The van der Waals surface area contributed by atoms with Gasteiger partial charge in [-0.15, -0.1) is 0 Å². The van der Waals surface area contributed by atoms with E-state index in [1.807, 2.05) is 24.5 Å². The Morgan fingerprint density at radius 2 is 1.95 bits per heavy atom. The highest BCUT2D eigenvalue weighted by Gasteiger charge is 2.14. The second-order valence-electron chi connectivity index (χ2n) is 5.30. The van der Waals surface area contributed by atoms with Gasteiger partial charge in [0, 0.05) is 31.4 Å². The molecule has 0 fully saturated rings. The standard InChI is InChI=1S/C17H24FN3/c1-3-9-19-16(14-5-7-15(18)8-6-14)13-17-20-10-12-21(17)11-4-2/h5-8,10,12,16,19H,3-4,9,11,13H2,1-2H3. The van der Waals surface area contributed by atoms with Crippen molar-refractivity contribution in [2.75, 3.05) is 6.54 Å². The lowest BCUT2D eigenvalue weighted by Crippen LogP contribution is -2.25. The fourth-order valence-corrected chi connectivity index (χ4v) is 2.48. The van der Waals surface area contributed by atoms with E-state index >= 15 is 0 Å². The summed E-state index contributed by atoms with van der Waals surface area (Å²) in [6, 6.07) is 6.93. The molecule has 2 rings (SSSR count). The molecule has 0 aliphatic heterocycles. The number of nitrogens with one attached hydrogen (secondary N) is 1. The molecular formula is C17H24FN3. The molecule has 0 radical (unpaired) electrons. The van der Waals surface area contributed by atoms with Gasteiger partial charge in [0.05, 0.1) is 0 Å². The molecule has 0 amide bonds. The van der Waals surface area contributed by atoms with Crippen LogP contribution < -0.4 is 5.32 Å². The van der Waals surface area contributed by atoms with E-state index in [2.05, 4.69) is 28.7 Å². The summed E-state index contributed by atoms with van der Waals surface area (Å²) in [6.45, 7) is 6.24. The predicted octanol–water partition coefficient (Wildman–Crippen LogP) is 3.72. The van der Waals surface area contributed by atoms with Gasteiger partial charge in [-0.1, -0.05) is 26.0 Å². The maximum atomic E-state index is 13.1. The van der Waals surface area contributed by atoms with E-state index in [1.165, 1.54) is 12.1 Å². The highest BCUT2D eigenvalue weighted by atomic mass is 19.1. The van der Waals surface area contributed by atoms with Gasteiger partial charge in [-0.2, -0.15) is 0 Å². The second-order valence-corrected chi connectivity index (χ2v) is 5.30. The van der Waals surface area contributed by atoms with Gasteiger partial charge in [0.2, 0.25) is 0 Å². The van der Waals surface area contributed by atoms with Crippen LogP contribution in [0.25, 0.3) is 0 Å². The molecule has 1 heterocycles. The van der Waals surface area contributed by atoms with Crippen molar-refractivity contribution in [3.05, 3.63) is 53.9 Å². The number of benzene rings is 1. The molecule has 1 aromatic heterocycles. The van der Waals surface area contributed by atoms with Crippen LogP contribution in [0, 0.1) is 5.82 Å². The third-order valence-corrected chi connectivity index (χ3v) is 3.57. The summed E-state index contributed by atoms with van der Waals surface area (Å²) in [5, 5.41) is 3.54. The summed E-state index contributed by atoms with van der Waals surface area (Å²) in [4.78, 5) is 4.47. The fraction of sp³-hybridized carbons (Fsp3) is 0.471. The van der Waals surface area contributed by atoms with Gasteiger partial charge in [0.1, 0.15) is 11.6 Å². The Morgan fingerprint density at radius 3 is 2.62 bits per heavy atom. The smallest absolute Gasteiger partial charge is 0.123 e. The first kappa shape index (κ1) is 15.7. The van der Waals surface area contributed by atoms with Crippen molar-refractivity contribution in [3.63, 3.8) is 0 Å². The van der Waals surface area contributed by atoms with Gasteiger partial charge in [0.25, 0.3) is 0 Å². The number of aryl methyl sites for hydroxylation is 1. The molecule has 3 nitrogen and oxygen atoms in total. The van der Waals surface area contributed by atoms with Gasteiger partial charge in [0.15, 0.2) is 0 Å². The number of rotatable bonds is 8. The van der Waals surface area contributed by atoms with Crippen molar-refractivity contribution in [2.24, 2.45) is 0 Å². The minimum atomic E-state index is -0.194. The molecular weight excluding hydrogens is 265 g/mol. The Bertz CT molecular complexity index is 533. The van der Waals surface area contributed by atoms with Gasteiger partial charge in [-0.05, 0) is 37.1 Å². The summed E-state index contributed by atoms with van der Waals surface area (Å²) >= 11 is 0. The molecule has 1 N–H and O–H groups in total. The van der Waals surface area contributed by atoms with E-state index < -0.39 is 0 Å². The Labute approximate surface area is 126 Å². The van der Waals surface area contributed by atoms with Crippen LogP contribution in [0.5, 0.6) is 0 Å². The average molecular weight is 289 g/mol. The zero-order valence-electron chi connectivity index (χ0n) is 12.8. The maximum absolute atomic E-state index is 13.1. The van der Waals surface area contributed by atoms with Crippen molar-refractivity contribution < 1.29 is 4.39 Å². The van der Waals surface area contributed by atoms with Crippen LogP contribution in [-0.4, -0.2) is 16.1 Å². The van der Waals surface area contributed by atoms with Crippen molar-refractivity contribution >= 4 is 0 Å². The Balaban J connectivity index is 2.15.